The van der Waals surface area contributed by atoms with E-state index >= 15 is 0 Å². The van der Waals surface area contributed by atoms with Gasteiger partial charge in [0.15, 0.2) is 0 Å². The lowest BCUT2D eigenvalue weighted by Crippen LogP contribution is -2.03. The van der Waals surface area contributed by atoms with E-state index in [2.05, 4.69) is 36.4 Å². The van der Waals surface area contributed by atoms with Crippen LogP contribution in [0, 0.1) is 0 Å². The van der Waals surface area contributed by atoms with Crippen LogP contribution in [0.25, 0.3) is 0 Å². The van der Waals surface area contributed by atoms with Gasteiger partial charge in [0.05, 0.1) is 6.61 Å². The van der Waals surface area contributed by atoms with Crippen LogP contribution >= 0.6 is 0 Å². The number of esters is 1. The zero-order chi connectivity index (χ0) is 18.5. The summed E-state index contributed by atoms with van der Waals surface area (Å²) in [5.74, 6) is 0.846. The molecule has 2 rings (SSSR count). The summed E-state index contributed by atoms with van der Waals surface area (Å²) in [6.07, 6.45) is 7.25. The Bertz CT molecular complexity index is 620. The van der Waals surface area contributed by atoms with Crippen molar-refractivity contribution in [3.05, 3.63) is 65.7 Å². The summed E-state index contributed by atoms with van der Waals surface area (Å²) in [4.78, 5) is 11.2. The van der Waals surface area contributed by atoms with E-state index in [1.807, 2.05) is 25.1 Å². The molecule has 0 aromatic heterocycles. The normalized spacial score (nSPS) is 10.5. The summed E-state index contributed by atoms with van der Waals surface area (Å²) in [6.45, 7) is 2.93. The number of benzene rings is 2. The standard InChI is InChI=1S/C23H30O3/c1-2-25-23(24)14-10-5-3-4-7-11-20-15-17-22(18-16-20)26-19-21-12-8-6-9-13-21/h6,8-9,12-13,15-18H,2-5,7,10-11,14,19H2,1H3. The van der Waals surface area contributed by atoms with Crippen molar-refractivity contribution < 1.29 is 14.3 Å². The highest BCUT2D eigenvalue weighted by Gasteiger charge is 2.01. The molecule has 26 heavy (non-hydrogen) atoms. The summed E-state index contributed by atoms with van der Waals surface area (Å²) < 4.78 is 10.7. The van der Waals surface area contributed by atoms with Crippen LogP contribution in [0.4, 0.5) is 0 Å². The zero-order valence-corrected chi connectivity index (χ0v) is 15.8. The topological polar surface area (TPSA) is 35.5 Å². The lowest BCUT2D eigenvalue weighted by Gasteiger charge is -2.07. The van der Waals surface area contributed by atoms with Gasteiger partial charge in [-0.2, -0.15) is 0 Å². The SMILES string of the molecule is CCOC(=O)CCCCCCCc1ccc(OCc2ccccc2)cc1. The molecule has 0 unspecified atom stereocenters. The minimum atomic E-state index is -0.0675. The van der Waals surface area contributed by atoms with Gasteiger partial charge in [-0.3, -0.25) is 4.79 Å². The lowest BCUT2D eigenvalue weighted by molar-refractivity contribution is -0.143. The Labute approximate surface area is 157 Å². The number of hydrogen-bond acceptors (Lipinski definition) is 3. The molecule has 0 atom stereocenters. The molecule has 140 valence electrons. The molecule has 0 aliphatic carbocycles. The fourth-order valence-electron chi connectivity index (χ4n) is 2.86. The van der Waals surface area contributed by atoms with Gasteiger partial charge in [0.2, 0.25) is 0 Å². The second kappa shape index (κ2) is 12.1. The van der Waals surface area contributed by atoms with Crippen molar-refractivity contribution in [3.8, 4) is 5.75 Å². The first kappa shape index (κ1) is 20.0. The zero-order valence-electron chi connectivity index (χ0n) is 15.8. The average molecular weight is 354 g/mol. The predicted molar refractivity (Wildman–Crippen MR) is 105 cm³/mol. The average Bonchev–Trinajstić information content (AvgIpc) is 2.67. The Hall–Kier alpha value is -2.29. The fraction of sp³-hybridized carbons (Fsp3) is 0.435. The van der Waals surface area contributed by atoms with Gasteiger partial charge in [-0.15, -0.1) is 0 Å². The van der Waals surface area contributed by atoms with Gasteiger partial charge in [-0.1, -0.05) is 61.7 Å². The molecule has 0 saturated carbocycles. The first-order valence-electron chi connectivity index (χ1n) is 9.69. The van der Waals surface area contributed by atoms with Gasteiger partial charge in [0.25, 0.3) is 0 Å². The number of ether oxygens (including phenoxy) is 2. The van der Waals surface area contributed by atoms with Gasteiger partial charge >= 0.3 is 5.97 Å². The molecule has 3 nitrogen and oxygen atoms in total. The van der Waals surface area contributed by atoms with Crippen molar-refractivity contribution in [2.24, 2.45) is 0 Å². The van der Waals surface area contributed by atoms with E-state index in [9.17, 15) is 4.79 Å². The van der Waals surface area contributed by atoms with E-state index in [1.54, 1.807) is 0 Å². The molecule has 2 aromatic carbocycles. The molecular formula is C23H30O3. The summed E-state index contributed by atoms with van der Waals surface area (Å²) >= 11 is 0. The molecule has 0 fully saturated rings. The van der Waals surface area contributed by atoms with Crippen LogP contribution in [0.1, 0.15) is 56.6 Å². The Morgan fingerprint density at radius 3 is 2.23 bits per heavy atom. The molecule has 0 aliphatic rings. The molecule has 0 N–H and O–H groups in total. The Kier molecular flexibility index (Phi) is 9.34. The van der Waals surface area contributed by atoms with Crippen LogP contribution in [-0.2, 0) is 22.6 Å². The molecule has 0 saturated heterocycles. The summed E-state index contributed by atoms with van der Waals surface area (Å²) in [5.41, 5.74) is 2.53. The van der Waals surface area contributed by atoms with Gasteiger partial charge in [-0.25, -0.2) is 0 Å². The van der Waals surface area contributed by atoms with Crippen molar-refractivity contribution in [3.63, 3.8) is 0 Å². The molecule has 0 aliphatic heterocycles. The summed E-state index contributed by atoms with van der Waals surface area (Å²) in [6, 6.07) is 18.6. The quantitative estimate of drug-likeness (QED) is 0.362. The van der Waals surface area contributed by atoms with E-state index in [4.69, 9.17) is 9.47 Å². The smallest absolute Gasteiger partial charge is 0.305 e. The van der Waals surface area contributed by atoms with Crippen molar-refractivity contribution >= 4 is 5.97 Å². The number of rotatable bonds is 12. The van der Waals surface area contributed by atoms with Crippen LogP contribution in [0.5, 0.6) is 5.75 Å². The van der Waals surface area contributed by atoms with Crippen LogP contribution in [0.3, 0.4) is 0 Å². The highest BCUT2D eigenvalue weighted by Crippen LogP contribution is 2.16. The van der Waals surface area contributed by atoms with Crippen LogP contribution in [-0.4, -0.2) is 12.6 Å². The maximum atomic E-state index is 11.2. The predicted octanol–water partition coefficient (Wildman–Crippen LogP) is 5.71. The van der Waals surface area contributed by atoms with Crippen molar-refractivity contribution in [2.45, 2.75) is 58.5 Å². The molecule has 0 bridgehead atoms. The monoisotopic (exact) mass is 354 g/mol. The lowest BCUT2D eigenvalue weighted by atomic mass is 10.0. The molecular weight excluding hydrogens is 324 g/mol. The maximum Gasteiger partial charge on any atom is 0.305 e. The van der Waals surface area contributed by atoms with Crippen LogP contribution in [0.15, 0.2) is 54.6 Å². The maximum absolute atomic E-state index is 11.2. The van der Waals surface area contributed by atoms with E-state index < -0.39 is 0 Å². The Morgan fingerprint density at radius 2 is 1.50 bits per heavy atom. The Morgan fingerprint density at radius 1 is 0.808 bits per heavy atom. The first-order valence-corrected chi connectivity index (χ1v) is 9.69. The third-order valence-electron chi connectivity index (χ3n) is 4.32. The van der Waals surface area contributed by atoms with E-state index in [0.717, 1.165) is 25.0 Å². The number of aryl methyl sites for hydroxylation is 1. The second-order valence-electron chi connectivity index (χ2n) is 6.49. The molecule has 0 radical (unpaired) electrons. The van der Waals surface area contributed by atoms with Crippen molar-refractivity contribution in [2.75, 3.05) is 6.61 Å². The molecule has 3 heteroatoms. The van der Waals surface area contributed by atoms with Gasteiger partial charge in [-0.05, 0) is 49.4 Å². The third-order valence-corrected chi connectivity index (χ3v) is 4.32. The molecule has 0 spiro atoms. The molecule has 0 heterocycles. The van der Waals surface area contributed by atoms with Gasteiger partial charge in [0, 0.05) is 6.42 Å². The van der Waals surface area contributed by atoms with Crippen molar-refractivity contribution in [1.29, 1.82) is 0 Å². The van der Waals surface area contributed by atoms with Crippen LogP contribution in [0.2, 0.25) is 0 Å². The first-order chi connectivity index (χ1) is 12.8. The summed E-state index contributed by atoms with van der Waals surface area (Å²) in [5, 5.41) is 0. The molecule has 2 aromatic rings. The number of hydrogen-bond donors (Lipinski definition) is 0. The molecule has 0 amide bonds. The number of carbonyl (C=O) groups is 1. The third kappa shape index (κ3) is 8.19. The largest absolute Gasteiger partial charge is 0.489 e. The van der Waals surface area contributed by atoms with Gasteiger partial charge in [0.1, 0.15) is 12.4 Å². The highest BCUT2D eigenvalue weighted by molar-refractivity contribution is 5.69. The van der Waals surface area contributed by atoms with Crippen LogP contribution < -0.4 is 4.74 Å². The van der Waals surface area contributed by atoms with E-state index in [0.29, 0.717) is 19.6 Å². The second-order valence-corrected chi connectivity index (χ2v) is 6.49. The Balaban J connectivity index is 1.55. The minimum Gasteiger partial charge on any atom is -0.489 e. The number of carbonyl (C=O) groups excluding carboxylic acids is 1. The summed E-state index contributed by atoms with van der Waals surface area (Å²) in [7, 11) is 0. The van der Waals surface area contributed by atoms with Crippen molar-refractivity contribution in [1.82, 2.24) is 0 Å². The fourth-order valence-corrected chi connectivity index (χ4v) is 2.86. The highest BCUT2D eigenvalue weighted by atomic mass is 16.5. The van der Waals surface area contributed by atoms with E-state index in [1.165, 1.54) is 30.4 Å². The van der Waals surface area contributed by atoms with E-state index in [-0.39, 0.29) is 5.97 Å². The number of unbranched alkanes of at least 4 members (excludes halogenated alkanes) is 4. The minimum absolute atomic E-state index is 0.0675. The van der Waals surface area contributed by atoms with Gasteiger partial charge < -0.3 is 9.47 Å².